The van der Waals surface area contributed by atoms with E-state index >= 15 is 0 Å². The summed E-state index contributed by atoms with van der Waals surface area (Å²) in [5.74, 6) is 0.149. The fourth-order valence-corrected chi connectivity index (χ4v) is 6.13. The Labute approximate surface area is 205 Å². The summed E-state index contributed by atoms with van der Waals surface area (Å²) in [7, 11) is 0. The Morgan fingerprint density at radius 3 is 2.61 bits per heavy atom. The first-order valence-corrected chi connectivity index (χ1v) is 12.4. The summed E-state index contributed by atoms with van der Waals surface area (Å²) in [6.45, 7) is 4.41. The molecule has 3 heterocycles. The van der Waals surface area contributed by atoms with E-state index in [1.807, 2.05) is 29.3 Å². The van der Waals surface area contributed by atoms with Gasteiger partial charge in [-0.1, -0.05) is 36.9 Å². The number of hydrogen-bond donors (Lipinski definition) is 2. The number of halogens is 1. The van der Waals surface area contributed by atoms with Crippen molar-refractivity contribution >= 4 is 34.6 Å². The Bertz CT molecular complexity index is 1170. The highest BCUT2D eigenvalue weighted by molar-refractivity contribution is 7.80. The average Bonchev–Trinajstić information content (AvgIpc) is 3.31. The monoisotopic (exact) mass is 480 g/mol. The molecule has 0 spiro atoms. The van der Waals surface area contributed by atoms with Gasteiger partial charge in [0.2, 0.25) is 0 Å². The molecule has 1 aliphatic carbocycles. The summed E-state index contributed by atoms with van der Waals surface area (Å²) in [4.78, 5) is 6.65. The van der Waals surface area contributed by atoms with Gasteiger partial charge in [0.25, 0.3) is 0 Å². The number of pyridine rings is 1. The molecule has 2 fully saturated rings. The first-order chi connectivity index (χ1) is 16.0. The molecule has 1 saturated carbocycles. The number of thiocarbonyl (C=S) groups is 1. The van der Waals surface area contributed by atoms with E-state index in [2.05, 4.69) is 34.8 Å². The third-order valence-corrected chi connectivity index (χ3v) is 7.63. The quantitative estimate of drug-likeness (QED) is 0.415. The number of phenolic OH excluding ortho intramolecular Hbond substituents is 1. The predicted octanol–water partition coefficient (Wildman–Crippen LogP) is 6.54. The third-order valence-electron chi connectivity index (χ3n) is 7.08. The number of aromatic hydroxyl groups is 1. The van der Waals surface area contributed by atoms with Gasteiger partial charge >= 0.3 is 0 Å². The van der Waals surface area contributed by atoms with Gasteiger partial charge in [-0.15, -0.1) is 0 Å². The molecule has 0 amide bonds. The number of anilines is 1. The van der Waals surface area contributed by atoms with Crippen molar-refractivity contribution in [1.29, 1.82) is 0 Å². The lowest BCUT2D eigenvalue weighted by molar-refractivity contribution is 0.345. The molecule has 0 bridgehead atoms. The molecule has 1 aromatic carbocycles. The largest absolute Gasteiger partial charge is 0.506 e. The topological polar surface area (TPSA) is 53.3 Å². The van der Waals surface area contributed by atoms with E-state index in [1.165, 1.54) is 49.1 Å². The lowest BCUT2D eigenvalue weighted by atomic mass is 9.94. The minimum Gasteiger partial charge on any atom is -0.506 e. The average molecular weight is 481 g/mol. The van der Waals surface area contributed by atoms with Crippen molar-refractivity contribution in [3.05, 3.63) is 76.3 Å². The molecular formula is C26H29ClN4OS. The van der Waals surface area contributed by atoms with Crippen LogP contribution in [0.3, 0.4) is 0 Å². The molecule has 7 heteroatoms. The highest BCUT2D eigenvalue weighted by atomic mass is 35.5. The van der Waals surface area contributed by atoms with Crippen LogP contribution in [-0.4, -0.2) is 19.8 Å². The zero-order chi connectivity index (χ0) is 23.1. The molecule has 0 unspecified atom stereocenters. The summed E-state index contributed by atoms with van der Waals surface area (Å²) in [5.41, 5.74) is 5.23. The Morgan fingerprint density at radius 2 is 1.88 bits per heavy atom. The first-order valence-electron chi connectivity index (χ1n) is 11.6. The molecule has 2 aromatic heterocycles. The van der Waals surface area contributed by atoms with Crippen LogP contribution in [0.2, 0.25) is 5.02 Å². The molecule has 3 aromatic rings. The summed E-state index contributed by atoms with van der Waals surface area (Å²) < 4.78 is 2.52. The van der Waals surface area contributed by atoms with Gasteiger partial charge in [0.05, 0.1) is 23.5 Å². The second-order valence-corrected chi connectivity index (χ2v) is 9.94. The lowest BCUT2D eigenvalue weighted by Crippen LogP contribution is -2.29. The Kier molecular flexibility index (Phi) is 6.06. The number of nitrogens with one attached hydrogen (secondary N) is 1. The second kappa shape index (κ2) is 8.99. The molecule has 2 aliphatic rings. The molecule has 2 atom stereocenters. The van der Waals surface area contributed by atoms with Gasteiger partial charge in [0, 0.05) is 28.6 Å². The molecule has 1 aliphatic heterocycles. The van der Waals surface area contributed by atoms with Gasteiger partial charge in [0.15, 0.2) is 5.11 Å². The number of aryl methyl sites for hydroxylation is 1. The standard InChI is InChI=1S/C26H29ClN4OS/c1-16-14-20(17(2)30(16)19-8-4-3-5-9-19)25-24(21-10-6-7-13-28-21)29-26(33)31(25)22-15-18(27)11-12-23(22)32/h6-7,10-15,19,24-25,32H,3-5,8-9H2,1-2H3,(H,29,33)/t24-,25+/m1/s1. The van der Waals surface area contributed by atoms with Crippen LogP contribution in [0.4, 0.5) is 5.69 Å². The maximum Gasteiger partial charge on any atom is 0.174 e. The van der Waals surface area contributed by atoms with Crippen LogP contribution in [0.15, 0.2) is 48.7 Å². The van der Waals surface area contributed by atoms with E-state index in [1.54, 1.807) is 18.2 Å². The molecule has 172 valence electrons. The van der Waals surface area contributed by atoms with Crippen molar-refractivity contribution in [3.8, 4) is 5.75 Å². The van der Waals surface area contributed by atoms with Gasteiger partial charge < -0.3 is 19.9 Å². The molecule has 33 heavy (non-hydrogen) atoms. The Hall–Kier alpha value is -2.57. The van der Waals surface area contributed by atoms with Crippen molar-refractivity contribution in [2.75, 3.05) is 4.90 Å². The maximum absolute atomic E-state index is 10.8. The number of phenols is 1. The van der Waals surface area contributed by atoms with Crippen molar-refractivity contribution in [1.82, 2.24) is 14.9 Å². The normalized spacial score (nSPS) is 21.4. The second-order valence-electron chi connectivity index (χ2n) is 9.12. The van der Waals surface area contributed by atoms with Gasteiger partial charge in [0.1, 0.15) is 5.75 Å². The van der Waals surface area contributed by atoms with E-state index in [-0.39, 0.29) is 17.8 Å². The van der Waals surface area contributed by atoms with E-state index < -0.39 is 0 Å². The highest BCUT2D eigenvalue weighted by Crippen LogP contribution is 2.47. The SMILES string of the molecule is Cc1cc([C@H]2[C@@H](c3ccccn3)NC(=S)N2c2cc(Cl)ccc2O)c(C)n1C1CCCCC1. The van der Waals surface area contributed by atoms with Gasteiger partial charge in [-0.25, -0.2) is 0 Å². The summed E-state index contributed by atoms with van der Waals surface area (Å²) in [5, 5.41) is 15.3. The van der Waals surface area contributed by atoms with Crippen LogP contribution in [-0.2, 0) is 0 Å². The number of rotatable bonds is 4. The van der Waals surface area contributed by atoms with Crippen LogP contribution in [0.5, 0.6) is 5.75 Å². The summed E-state index contributed by atoms with van der Waals surface area (Å²) >= 11 is 12.1. The number of benzene rings is 1. The minimum absolute atomic E-state index is 0.149. The molecule has 5 nitrogen and oxygen atoms in total. The predicted molar refractivity (Wildman–Crippen MR) is 137 cm³/mol. The van der Waals surface area contributed by atoms with E-state index in [9.17, 15) is 5.11 Å². The molecular weight excluding hydrogens is 452 g/mol. The fourth-order valence-electron chi connectivity index (χ4n) is 5.62. The summed E-state index contributed by atoms with van der Waals surface area (Å²) in [6.07, 6.45) is 8.14. The van der Waals surface area contributed by atoms with Crippen LogP contribution in [0.1, 0.15) is 72.9 Å². The van der Waals surface area contributed by atoms with Crippen molar-refractivity contribution in [2.45, 2.75) is 64.1 Å². The zero-order valence-electron chi connectivity index (χ0n) is 19.0. The molecule has 5 rings (SSSR count). The summed E-state index contributed by atoms with van der Waals surface area (Å²) in [6, 6.07) is 13.5. The minimum atomic E-state index is -0.166. The number of hydrogen-bond acceptors (Lipinski definition) is 3. The van der Waals surface area contributed by atoms with Gasteiger partial charge in [-0.2, -0.15) is 0 Å². The lowest BCUT2D eigenvalue weighted by Gasteiger charge is -2.30. The van der Waals surface area contributed by atoms with Crippen molar-refractivity contribution < 1.29 is 5.11 Å². The van der Waals surface area contributed by atoms with Gasteiger partial charge in [-0.3, -0.25) is 4.98 Å². The number of aromatic nitrogens is 2. The van der Waals surface area contributed by atoms with Gasteiger partial charge in [-0.05, 0) is 80.9 Å². The van der Waals surface area contributed by atoms with Crippen LogP contribution in [0.25, 0.3) is 0 Å². The van der Waals surface area contributed by atoms with Crippen molar-refractivity contribution in [3.63, 3.8) is 0 Å². The fraction of sp³-hybridized carbons (Fsp3) is 0.385. The Morgan fingerprint density at radius 1 is 1.09 bits per heavy atom. The molecule has 2 N–H and O–H groups in total. The number of nitrogens with zero attached hydrogens (tertiary/aromatic N) is 3. The van der Waals surface area contributed by atoms with Crippen molar-refractivity contribution in [2.24, 2.45) is 0 Å². The molecule has 1 saturated heterocycles. The molecule has 0 radical (unpaired) electrons. The van der Waals surface area contributed by atoms with E-state index in [4.69, 9.17) is 23.8 Å². The van der Waals surface area contributed by atoms with E-state index in [0.717, 1.165) is 5.69 Å². The zero-order valence-corrected chi connectivity index (χ0v) is 20.5. The first kappa shape index (κ1) is 22.2. The smallest absolute Gasteiger partial charge is 0.174 e. The van der Waals surface area contributed by atoms with Crippen LogP contribution < -0.4 is 10.2 Å². The highest BCUT2D eigenvalue weighted by Gasteiger charge is 2.43. The van der Waals surface area contributed by atoms with E-state index in [0.29, 0.717) is 21.9 Å². The maximum atomic E-state index is 10.8. The van der Waals surface area contributed by atoms with Crippen LogP contribution >= 0.6 is 23.8 Å². The van der Waals surface area contributed by atoms with Crippen LogP contribution in [0, 0.1) is 13.8 Å². The Balaban J connectivity index is 1.66. The third kappa shape index (κ3) is 4.00.